The van der Waals surface area contributed by atoms with Crippen molar-refractivity contribution in [2.75, 3.05) is 31.2 Å². The van der Waals surface area contributed by atoms with Gasteiger partial charge in [0.05, 0.1) is 11.3 Å². The van der Waals surface area contributed by atoms with Crippen molar-refractivity contribution in [3.63, 3.8) is 0 Å². The zero-order chi connectivity index (χ0) is 26.1. The van der Waals surface area contributed by atoms with Crippen LogP contribution in [0.2, 0.25) is 0 Å². The summed E-state index contributed by atoms with van der Waals surface area (Å²) >= 11 is 1.03. The zero-order valence-electron chi connectivity index (χ0n) is 20.3. The van der Waals surface area contributed by atoms with Gasteiger partial charge in [-0.3, -0.25) is 14.2 Å². The van der Waals surface area contributed by atoms with Crippen LogP contribution in [0.25, 0.3) is 22.1 Å². The standard InChI is InChI=1S/C24H25N7O5S/c1-3-36-9-4-6-17(32)15-11-29(12-15)18-10-14(2)19-20(33)16(22(34)35)13-30(21(19)26-18)24-27-23(28-37-24)31-8-5-7-25-31/h5,7-8,10,13,15H,3-4,6,9,11-12H2,1-2H3,(H,34,35). The average molecular weight is 524 g/mol. The lowest BCUT2D eigenvalue weighted by Gasteiger charge is -2.39. The van der Waals surface area contributed by atoms with Crippen LogP contribution >= 0.6 is 11.5 Å². The number of rotatable bonds is 10. The molecule has 4 aromatic heterocycles. The maximum atomic E-state index is 13.1. The molecule has 0 spiro atoms. The topological polar surface area (TPSA) is 145 Å². The molecule has 0 bridgehead atoms. The quantitative estimate of drug-likeness (QED) is 0.307. The van der Waals surface area contributed by atoms with E-state index in [-0.39, 0.29) is 28.3 Å². The number of ether oxygens (including phenoxy) is 1. The molecule has 4 aromatic rings. The molecule has 0 radical (unpaired) electrons. The second-order valence-electron chi connectivity index (χ2n) is 8.74. The van der Waals surface area contributed by atoms with Crippen molar-refractivity contribution in [2.45, 2.75) is 26.7 Å². The highest BCUT2D eigenvalue weighted by molar-refractivity contribution is 7.08. The first kappa shape index (κ1) is 24.7. The van der Waals surface area contributed by atoms with E-state index in [2.05, 4.69) is 14.5 Å². The summed E-state index contributed by atoms with van der Waals surface area (Å²) in [5, 5.41) is 14.3. The van der Waals surface area contributed by atoms with E-state index >= 15 is 0 Å². The Hall–Kier alpha value is -3.97. The largest absolute Gasteiger partial charge is 0.477 e. The molecule has 1 N–H and O–H groups in total. The maximum absolute atomic E-state index is 13.1. The number of carbonyl (C=O) groups excluding carboxylic acids is 1. The van der Waals surface area contributed by atoms with Gasteiger partial charge in [0, 0.05) is 62.8 Å². The molecule has 0 aromatic carbocycles. The van der Waals surface area contributed by atoms with Gasteiger partial charge in [0.2, 0.25) is 10.6 Å². The first-order valence-electron chi connectivity index (χ1n) is 11.9. The Labute approximate surface area is 215 Å². The van der Waals surface area contributed by atoms with E-state index in [4.69, 9.17) is 9.72 Å². The molecule has 5 heterocycles. The number of ketones is 1. The van der Waals surface area contributed by atoms with Gasteiger partial charge in [-0.25, -0.2) is 14.5 Å². The molecule has 13 heteroatoms. The van der Waals surface area contributed by atoms with E-state index in [9.17, 15) is 19.5 Å². The fourth-order valence-corrected chi connectivity index (χ4v) is 4.93. The van der Waals surface area contributed by atoms with Crippen molar-refractivity contribution in [2.24, 2.45) is 5.92 Å². The summed E-state index contributed by atoms with van der Waals surface area (Å²) in [6.07, 6.45) is 5.71. The molecule has 0 amide bonds. The van der Waals surface area contributed by atoms with Crippen LogP contribution in [0.5, 0.6) is 0 Å². The van der Waals surface area contributed by atoms with E-state index in [1.54, 1.807) is 31.5 Å². The lowest BCUT2D eigenvalue weighted by molar-refractivity contribution is -0.123. The Balaban J connectivity index is 1.49. The van der Waals surface area contributed by atoms with Gasteiger partial charge < -0.3 is 14.7 Å². The molecule has 0 unspecified atom stereocenters. The molecule has 37 heavy (non-hydrogen) atoms. The monoisotopic (exact) mass is 523 g/mol. The number of fused-ring (bicyclic) bond motifs is 1. The molecule has 1 aliphatic heterocycles. The lowest BCUT2D eigenvalue weighted by atomic mass is 9.92. The van der Waals surface area contributed by atoms with Gasteiger partial charge in [-0.05, 0) is 38.0 Å². The van der Waals surface area contributed by atoms with Gasteiger partial charge >= 0.3 is 5.97 Å². The average Bonchev–Trinajstić information content (AvgIpc) is 3.53. The van der Waals surface area contributed by atoms with Crippen LogP contribution in [0, 0.1) is 12.8 Å². The smallest absolute Gasteiger partial charge is 0.341 e. The van der Waals surface area contributed by atoms with Crippen molar-refractivity contribution >= 4 is 40.1 Å². The number of Topliss-reactive ketones (excluding diaryl/α,β-unsaturated/α-hetero) is 1. The molecule has 12 nitrogen and oxygen atoms in total. The highest BCUT2D eigenvalue weighted by Crippen LogP contribution is 2.29. The molecule has 1 aliphatic rings. The van der Waals surface area contributed by atoms with Crippen molar-refractivity contribution in [3.05, 3.63) is 52.1 Å². The summed E-state index contributed by atoms with van der Waals surface area (Å²) in [6, 6.07) is 3.49. The molecular weight excluding hydrogens is 498 g/mol. The van der Waals surface area contributed by atoms with E-state index in [1.165, 1.54) is 15.4 Å². The van der Waals surface area contributed by atoms with Crippen LogP contribution in [0.1, 0.15) is 35.7 Å². The number of hydrogen-bond acceptors (Lipinski definition) is 10. The van der Waals surface area contributed by atoms with Crippen LogP contribution < -0.4 is 10.3 Å². The maximum Gasteiger partial charge on any atom is 0.341 e. The third-order valence-electron chi connectivity index (χ3n) is 6.27. The first-order chi connectivity index (χ1) is 17.9. The fraction of sp³-hybridized carbons (Fsp3) is 0.375. The molecule has 1 saturated heterocycles. The number of aryl methyl sites for hydroxylation is 1. The molecule has 5 rings (SSSR count). The van der Waals surface area contributed by atoms with E-state index < -0.39 is 11.4 Å². The van der Waals surface area contributed by atoms with Crippen LogP contribution in [0.15, 0.2) is 35.5 Å². The zero-order valence-corrected chi connectivity index (χ0v) is 21.1. The van der Waals surface area contributed by atoms with Crippen LogP contribution in [0.3, 0.4) is 0 Å². The minimum absolute atomic E-state index is 0.0733. The summed E-state index contributed by atoms with van der Waals surface area (Å²) in [4.78, 5) is 48.6. The normalized spacial score (nSPS) is 13.7. The van der Waals surface area contributed by atoms with E-state index in [0.29, 0.717) is 61.6 Å². The van der Waals surface area contributed by atoms with Crippen LogP contribution in [-0.4, -0.2) is 71.9 Å². The number of aromatic carboxylic acids is 1. The fourth-order valence-electron chi connectivity index (χ4n) is 4.29. The highest BCUT2D eigenvalue weighted by Gasteiger charge is 2.33. The predicted molar refractivity (Wildman–Crippen MR) is 136 cm³/mol. The number of carboxylic acid groups (broad SMARTS) is 1. The number of hydrogen-bond donors (Lipinski definition) is 1. The van der Waals surface area contributed by atoms with Gasteiger partial charge in [-0.2, -0.15) is 10.1 Å². The summed E-state index contributed by atoms with van der Waals surface area (Å²) < 4.78 is 12.6. The molecule has 0 atom stereocenters. The molecule has 1 fully saturated rings. The summed E-state index contributed by atoms with van der Waals surface area (Å²) in [7, 11) is 0. The molecule has 0 saturated carbocycles. The number of carbonyl (C=O) groups is 2. The predicted octanol–water partition coefficient (Wildman–Crippen LogP) is 2.25. The number of nitrogens with zero attached hydrogens (tertiary/aromatic N) is 7. The van der Waals surface area contributed by atoms with Gasteiger partial charge in [0.15, 0.2) is 5.65 Å². The van der Waals surface area contributed by atoms with Crippen molar-refractivity contribution in [3.8, 4) is 11.1 Å². The van der Waals surface area contributed by atoms with E-state index in [0.717, 1.165) is 11.5 Å². The SMILES string of the molecule is CCOCCCC(=O)C1CN(c2cc(C)c3c(=O)c(C(=O)O)cn(-c4nc(-n5cccn5)ns4)c3n2)C1. The van der Waals surface area contributed by atoms with Gasteiger partial charge in [-0.1, -0.05) is 0 Å². The van der Waals surface area contributed by atoms with Gasteiger partial charge in [-0.15, -0.1) is 4.37 Å². The Morgan fingerprint density at radius 2 is 2.08 bits per heavy atom. The minimum atomic E-state index is -1.34. The number of carboxylic acids is 1. The summed E-state index contributed by atoms with van der Waals surface area (Å²) in [5.41, 5.74) is -0.134. The number of anilines is 1. The van der Waals surface area contributed by atoms with Gasteiger partial charge in [0.25, 0.3) is 5.95 Å². The first-order valence-corrected chi connectivity index (χ1v) is 12.6. The summed E-state index contributed by atoms with van der Waals surface area (Å²) in [5.74, 6) is -0.284. The third kappa shape index (κ3) is 4.74. The minimum Gasteiger partial charge on any atom is -0.477 e. The number of aromatic nitrogens is 6. The third-order valence-corrected chi connectivity index (χ3v) is 6.98. The Morgan fingerprint density at radius 1 is 1.27 bits per heavy atom. The van der Waals surface area contributed by atoms with Crippen molar-refractivity contribution < 1.29 is 19.4 Å². The van der Waals surface area contributed by atoms with Crippen molar-refractivity contribution in [1.29, 1.82) is 0 Å². The lowest BCUT2D eigenvalue weighted by Crippen LogP contribution is -2.51. The van der Waals surface area contributed by atoms with Crippen LogP contribution in [-0.2, 0) is 9.53 Å². The molecule has 192 valence electrons. The Morgan fingerprint density at radius 3 is 2.78 bits per heavy atom. The Bertz CT molecular complexity index is 1520. The van der Waals surface area contributed by atoms with Crippen molar-refractivity contribution in [1.82, 2.24) is 28.7 Å². The molecule has 0 aliphatic carbocycles. The Kier molecular flexibility index (Phi) is 6.80. The second-order valence-corrected chi connectivity index (χ2v) is 9.47. The summed E-state index contributed by atoms with van der Waals surface area (Å²) in [6.45, 7) is 5.95. The second kappa shape index (κ2) is 10.2. The van der Waals surface area contributed by atoms with E-state index in [1.807, 2.05) is 11.8 Å². The van der Waals surface area contributed by atoms with Crippen LogP contribution in [0.4, 0.5) is 5.82 Å². The molecular formula is C24H25N7O5S. The van der Waals surface area contributed by atoms with Gasteiger partial charge in [0.1, 0.15) is 17.2 Å². The number of pyridine rings is 2. The highest BCUT2D eigenvalue weighted by atomic mass is 32.1.